The number of halogens is 2. The molecule has 1 aliphatic heterocycles. The van der Waals surface area contributed by atoms with Gasteiger partial charge < -0.3 is 24.3 Å². The lowest BCUT2D eigenvalue weighted by molar-refractivity contribution is -0.123. The van der Waals surface area contributed by atoms with Crippen LogP contribution >= 0.6 is 27.5 Å². The normalized spacial score (nSPS) is 12.8. The number of nitrogens with zero attached hydrogens (tertiary/aromatic N) is 1. The fourth-order valence-corrected chi connectivity index (χ4v) is 4.54. The topological polar surface area (TPSA) is 107 Å². The molecular formula is C29H29BrClN3O6. The standard InChI is InChI=1S/C29H29BrClN3O6/c1-4-37-25-12-19(11-22(30)27(25)38-15-18-5-8-21(31)9-6-18)14-32-34-29(36)26(17(2)3)33-28(35)20-7-10-23-24(13-20)40-16-39-23/h5-14,17,26H,4,15-16H2,1-3H3,(H,33,35)(H,34,36)/b32-14+. The van der Waals surface area contributed by atoms with Crippen molar-refractivity contribution >= 4 is 45.6 Å². The van der Waals surface area contributed by atoms with Crippen molar-refractivity contribution in [3.63, 3.8) is 0 Å². The van der Waals surface area contributed by atoms with Gasteiger partial charge in [-0.3, -0.25) is 9.59 Å². The van der Waals surface area contributed by atoms with Gasteiger partial charge in [0, 0.05) is 10.6 Å². The minimum Gasteiger partial charge on any atom is -0.490 e. The molecule has 210 valence electrons. The van der Waals surface area contributed by atoms with Crippen molar-refractivity contribution in [2.45, 2.75) is 33.4 Å². The Morgan fingerprint density at radius 2 is 1.82 bits per heavy atom. The number of hydrogen-bond donors (Lipinski definition) is 2. The highest BCUT2D eigenvalue weighted by Gasteiger charge is 2.25. The third-order valence-corrected chi connectivity index (χ3v) is 6.73. The van der Waals surface area contributed by atoms with Crippen LogP contribution in [0.15, 0.2) is 64.2 Å². The Kier molecular flexibility index (Phi) is 9.89. The molecule has 3 aromatic rings. The zero-order valence-electron chi connectivity index (χ0n) is 22.2. The number of carbonyl (C=O) groups excluding carboxylic acids is 2. The Hall–Kier alpha value is -3.76. The van der Waals surface area contributed by atoms with Crippen LogP contribution in [0.4, 0.5) is 0 Å². The summed E-state index contributed by atoms with van der Waals surface area (Å²) in [6.07, 6.45) is 1.49. The van der Waals surface area contributed by atoms with E-state index in [4.69, 9.17) is 30.5 Å². The number of nitrogens with one attached hydrogen (secondary N) is 2. The van der Waals surface area contributed by atoms with E-state index >= 15 is 0 Å². The maximum atomic E-state index is 12.9. The van der Waals surface area contributed by atoms with E-state index in [1.807, 2.05) is 32.9 Å². The van der Waals surface area contributed by atoms with Crippen LogP contribution in [-0.4, -0.2) is 37.5 Å². The van der Waals surface area contributed by atoms with Gasteiger partial charge in [0.1, 0.15) is 12.6 Å². The van der Waals surface area contributed by atoms with Gasteiger partial charge >= 0.3 is 0 Å². The van der Waals surface area contributed by atoms with Crippen LogP contribution < -0.4 is 29.7 Å². The number of hydrazone groups is 1. The Labute approximate surface area is 245 Å². The van der Waals surface area contributed by atoms with Gasteiger partial charge in [-0.15, -0.1) is 0 Å². The van der Waals surface area contributed by atoms with Gasteiger partial charge in [-0.2, -0.15) is 5.10 Å². The molecule has 0 aromatic heterocycles. The molecule has 3 aromatic carbocycles. The molecule has 1 atom stereocenters. The first-order valence-electron chi connectivity index (χ1n) is 12.6. The largest absolute Gasteiger partial charge is 0.490 e. The van der Waals surface area contributed by atoms with Gasteiger partial charge in [0.2, 0.25) is 6.79 Å². The minimum absolute atomic E-state index is 0.108. The SMILES string of the molecule is CCOc1cc(/C=N/NC(=O)C(NC(=O)c2ccc3c(c2)OCO3)C(C)C)cc(Br)c1OCc1ccc(Cl)cc1. The molecule has 0 saturated carbocycles. The van der Waals surface area contributed by atoms with Crippen molar-refractivity contribution in [2.24, 2.45) is 11.0 Å². The van der Waals surface area contributed by atoms with Gasteiger partial charge in [0.15, 0.2) is 23.0 Å². The van der Waals surface area contributed by atoms with Crippen molar-refractivity contribution in [1.29, 1.82) is 0 Å². The summed E-state index contributed by atoms with van der Waals surface area (Å²) < 4.78 is 23.1. The van der Waals surface area contributed by atoms with Crippen LogP contribution in [0.25, 0.3) is 0 Å². The number of benzene rings is 3. The average molecular weight is 631 g/mol. The number of ether oxygens (including phenoxy) is 4. The molecule has 2 N–H and O–H groups in total. The molecule has 9 nitrogen and oxygen atoms in total. The molecule has 1 heterocycles. The van der Waals surface area contributed by atoms with Crippen LogP contribution in [0.1, 0.15) is 42.3 Å². The molecule has 2 amide bonds. The maximum absolute atomic E-state index is 12.9. The number of amides is 2. The van der Waals surface area contributed by atoms with E-state index in [1.54, 1.807) is 42.5 Å². The first-order valence-corrected chi connectivity index (χ1v) is 13.8. The van der Waals surface area contributed by atoms with Crippen LogP contribution in [0.3, 0.4) is 0 Å². The summed E-state index contributed by atoms with van der Waals surface area (Å²) in [7, 11) is 0. The summed E-state index contributed by atoms with van der Waals surface area (Å²) in [5.41, 5.74) is 4.50. The highest BCUT2D eigenvalue weighted by molar-refractivity contribution is 9.10. The Bertz CT molecular complexity index is 1400. The van der Waals surface area contributed by atoms with Crippen LogP contribution in [0.5, 0.6) is 23.0 Å². The summed E-state index contributed by atoms with van der Waals surface area (Å²) in [6.45, 7) is 6.41. The van der Waals surface area contributed by atoms with Gasteiger partial charge in [0.25, 0.3) is 11.8 Å². The summed E-state index contributed by atoms with van der Waals surface area (Å²) in [6, 6.07) is 15.0. The minimum atomic E-state index is -0.815. The van der Waals surface area contributed by atoms with E-state index in [2.05, 4.69) is 31.8 Å². The zero-order valence-corrected chi connectivity index (χ0v) is 24.5. The van der Waals surface area contributed by atoms with E-state index in [9.17, 15) is 9.59 Å². The number of hydrogen-bond acceptors (Lipinski definition) is 7. The second-order valence-electron chi connectivity index (χ2n) is 9.18. The van der Waals surface area contributed by atoms with Crippen LogP contribution in [0, 0.1) is 5.92 Å². The highest BCUT2D eigenvalue weighted by atomic mass is 79.9. The summed E-state index contributed by atoms with van der Waals surface area (Å²) >= 11 is 9.51. The molecule has 1 aliphatic rings. The molecule has 0 radical (unpaired) electrons. The Morgan fingerprint density at radius 3 is 2.55 bits per heavy atom. The van der Waals surface area contributed by atoms with Crippen molar-refractivity contribution in [1.82, 2.24) is 10.7 Å². The monoisotopic (exact) mass is 629 g/mol. The van der Waals surface area contributed by atoms with Crippen molar-refractivity contribution in [3.05, 3.63) is 80.8 Å². The first kappa shape index (κ1) is 29.2. The van der Waals surface area contributed by atoms with E-state index in [-0.39, 0.29) is 12.7 Å². The summed E-state index contributed by atoms with van der Waals surface area (Å²) in [5, 5.41) is 7.53. The Balaban J connectivity index is 1.40. The summed E-state index contributed by atoms with van der Waals surface area (Å²) in [4.78, 5) is 25.7. The fraction of sp³-hybridized carbons (Fsp3) is 0.276. The molecule has 4 rings (SSSR count). The average Bonchev–Trinajstić information content (AvgIpc) is 3.40. The number of fused-ring (bicyclic) bond motifs is 1. The molecule has 1 unspecified atom stereocenters. The summed E-state index contributed by atoms with van der Waals surface area (Å²) in [5.74, 6) is 1.08. The lowest BCUT2D eigenvalue weighted by atomic mass is 10.0. The van der Waals surface area contributed by atoms with E-state index in [0.717, 1.165) is 5.56 Å². The molecule has 0 saturated heterocycles. The zero-order chi connectivity index (χ0) is 28.6. The number of carbonyl (C=O) groups is 2. The number of rotatable bonds is 11. The third kappa shape index (κ3) is 7.45. The molecule has 11 heteroatoms. The van der Waals surface area contributed by atoms with Crippen molar-refractivity contribution in [2.75, 3.05) is 13.4 Å². The third-order valence-electron chi connectivity index (χ3n) is 5.89. The fourth-order valence-electron chi connectivity index (χ4n) is 3.84. The maximum Gasteiger partial charge on any atom is 0.262 e. The first-order chi connectivity index (χ1) is 19.2. The molecule has 0 aliphatic carbocycles. The van der Waals surface area contributed by atoms with Gasteiger partial charge in [-0.1, -0.05) is 37.6 Å². The van der Waals surface area contributed by atoms with Crippen LogP contribution in [0.2, 0.25) is 5.02 Å². The van der Waals surface area contributed by atoms with Gasteiger partial charge in [0.05, 0.1) is 17.3 Å². The smallest absolute Gasteiger partial charge is 0.262 e. The van der Waals surface area contributed by atoms with E-state index < -0.39 is 17.9 Å². The molecule has 0 bridgehead atoms. The van der Waals surface area contributed by atoms with Gasteiger partial charge in [-0.25, -0.2) is 5.43 Å². The predicted octanol–water partition coefficient (Wildman–Crippen LogP) is 5.71. The van der Waals surface area contributed by atoms with Crippen molar-refractivity contribution in [3.8, 4) is 23.0 Å². The molecule has 0 spiro atoms. The molecular weight excluding hydrogens is 602 g/mol. The quantitative estimate of drug-likeness (QED) is 0.208. The molecule has 40 heavy (non-hydrogen) atoms. The predicted molar refractivity (Wildman–Crippen MR) is 155 cm³/mol. The van der Waals surface area contributed by atoms with E-state index in [0.29, 0.717) is 56.8 Å². The van der Waals surface area contributed by atoms with E-state index in [1.165, 1.54) is 6.21 Å². The second-order valence-corrected chi connectivity index (χ2v) is 10.5. The Morgan fingerprint density at radius 1 is 1.07 bits per heavy atom. The van der Waals surface area contributed by atoms with Crippen molar-refractivity contribution < 1.29 is 28.5 Å². The second kappa shape index (κ2) is 13.5. The van der Waals surface area contributed by atoms with Gasteiger partial charge in [-0.05, 0) is 82.4 Å². The molecule has 0 fully saturated rings. The lowest BCUT2D eigenvalue weighted by Crippen LogP contribution is -2.48. The van der Waals surface area contributed by atoms with Crippen LogP contribution in [-0.2, 0) is 11.4 Å². The highest BCUT2D eigenvalue weighted by Crippen LogP contribution is 2.37. The lowest BCUT2D eigenvalue weighted by Gasteiger charge is -2.20.